The zero-order valence-corrected chi connectivity index (χ0v) is 12.5. The molecule has 0 aliphatic heterocycles. The molecule has 0 amide bonds. The third kappa shape index (κ3) is 2.92. The highest BCUT2D eigenvalue weighted by Crippen LogP contribution is 2.28. The first-order valence-electron chi connectivity index (χ1n) is 6.23. The van der Waals surface area contributed by atoms with E-state index in [1.807, 2.05) is 6.92 Å². The zero-order chi connectivity index (χ0) is 14.7. The number of nitrogens with two attached hydrogens (primary N) is 1. The molecule has 3 N–H and O–H groups in total. The van der Waals surface area contributed by atoms with Crippen molar-refractivity contribution in [2.24, 2.45) is 5.84 Å². The van der Waals surface area contributed by atoms with Crippen LogP contribution in [-0.2, 0) is 12.8 Å². The number of rotatable bonds is 5. The van der Waals surface area contributed by atoms with Crippen molar-refractivity contribution in [1.29, 1.82) is 0 Å². The molecule has 0 bridgehead atoms. The van der Waals surface area contributed by atoms with Crippen molar-refractivity contribution in [3.8, 4) is 0 Å². The van der Waals surface area contributed by atoms with Gasteiger partial charge in [-0.15, -0.1) is 0 Å². The highest BCUT2D eigenvalue weighted by molar-refractivity contribution is 9.10. The minimum atomic E-state index is -0.605. The van der Waals surface area contributed by atoms with Crippen molar-refractivity contribution in [1.82, 2.24) is 5.43 Å². The van der Waals surface area contributed by atoms with Gasteiger partial charge < -0.3 is 4.42 Å². The van der Waals surface area contributed by atoms with Crippen LogP contribution in [0.4, 0.5) is 8.78 Å². The Morgan fingerprint density at radius 3 is 2.75 bits per heavy atom. The van der Waals surface area contributed by atoms with Crippen LogP contribution in [0.5, 0.6) is 0 Å². The normalized spacial score (nSPS) is 12.7. The minimum Gasteiger partial charge on any atom is -0.469 e. The monoisotopic (exact) mass is 344 g/mol. The number of hydrogen-bond acceptors (Lipinski definition) is 3. The predicted molar refractivity (Wildman–Crippen MR) is 75.9 cm³/mol. The van der Waals surface area contributed by atoms with Crippen LogP contribution in [0.1, 0.15) is 29.9 Å². The Kier molecular flexibility index (Phi) is 4.91. The van der Waals surface area contributed by atoms with Crippen molar-refractivity contribution in [3.05, 3.63) is 57.5 Å². The third-order valence-electron chi connectivity index (χ3n) is 3.22. The fourth-order valence-electron chi connectivity index (χ4n) is 2.17. The van der Waals surface area contributed by atoms with E-state index in [1.165, 1.54) is 12.1 Å². The second-order valence-corrected chi connectivity index (χ2v) is 5.25. The fourth-order valence-corrected chi connectivity index (χ4v) is 2.54. The van der Waals surface area contributed by atoms with E-state index in [0.29, 0.717) is 6.42 Å². The Labute approximate surface area is 124 Å². The van der Waals surface area contributed by atoms with Gasteiger partial charge in [-0.1, -0.05) is 6.92 Å². The molecule has 0 aliphatic rings. The molecular formula is C14H15BrF2N2O. The van der Waals surface area contributed by atoms with E-state index in [2.05, 4.69) is 21.4 Å². The number of hydrogen-bond donors (Lipinski definition) is 2. The van der Waals surface area contributed by atoms with Crippen LogP contribution in [-0.4, -0.2) is 0 Å². The molecule has 1 heterocycles. The van der Waals surface area contributed by atoms with E-state index in [4.69, 9.17) is 10.3 Å². The first-order chi connectivity index (χ1) is 9.58. The third-order valence-corrected chi connectivity index (χ3v) is 3.84. The maximum absolute atomic E-state index is 14.0. The Morgan fingerprint density at radius 1 is 1.35 bits per heavy atom. The summed E-state index contributed by atoms with van der Waals surface area (Å²) in [6.07, 6.45) is 2.33. The van der Waals surface area contributed by atoms with E-state index in [1.54, 1.807) is 12.3 Å². The van der Waals surface area contributed by atoms with E-state index < -0.39 is 17.7 Å². The number of halogens is 3. The standard InChI is InChI=1S/C14H15BrF2N2O/c1-2-13-8(5-6-20-13)12(19-18)7-9-11(16)4-3-10(15)14(9)17/h3-6,12,19H,2,7,18H2,1H3. The Morgan fingerprint density at radius 2 is 2.10 bits per heavy atom. The molecule has 0 fully saturated rings. The molecule has 1 aromatic carbocycles. The Bertz CT molecular complexity index is 601. The molecule has 6 heteroatoms. The summed E-state index contributed by atoms with van der Waals surface area (Å²) in [5, 5.41) is 0. The highest BCUT2D eigenvalue weighted by atomic mass is 79.9. The molecule has 3 nitrogen and oxygen atoms in total. The Balaban J connectivity index is 2.34. The van der Waals surface area contributed by atoms with Gasteiger partial charge in [0.2, 0.25) is 0 Å². The zero-order valence-electron chi connectivity index (χ0n) is 10.9. The number of benzene rings is 1. The van der Waals surface area contributed by atoms with E-state index in [-0.39, 0.29) is 16.5 Å². The molecule has 20 heavy (non-hydrogen) atoms. The van der Waals surface area contributed by atoms with Crippen molar-refractivity contribution < 1.29 is 13.2 Å². The summed E-state index contributed by atoms with van der Waals surface area (Å²) in [4.78, 5) is 0. The summed E-state index contributed by atoms with van der Waals surface area (Å²) < 4.78 is 33.4. The van der Waals surface area contributed by atoms with Gasteiger partial charge in [0.25, 0.3) is 0 Å². The summed E-state index contributed by atoms with van der Waals surface area (Å²) in [5.74, 6) is 5.08. The molecular weight excluding hydrogens is 330 g/mol. The number of nitrogens with one attached hydrogen (secondary N) is 1. The molecule has 2 aromatic rings. The molecule has 0 saturated heterocycles. The van der Waals surface area contributed by atoms with Crippen LogP contribution >= 0.6 is 15.9 Å². The second-order valence-electron chi connectivity index (χ2n) is 4.40. The Hall–Kier alpha value is -1.24. The van der Waals surface area contributed by atoms with Crippen molar-refractivity contribution in [2.75, 3.05) is 0 Å². The van der Waals surface area contributed by atoms with E-state index >= 15 is 0 Å². The van der Waals surface area contributed by atoms with E-state index in [9.17, 15) is 8.78 Å². The molecule has 2 rings (SSSR count). The van der Waals surface area contributed by atoms with Gasteiger partial charge in [-0.05, 0) is 40.5 Å². The highest BCUT2D eigenvalue weighted by Gasteiger charge is 2.21. The lowest BCUT2D eigenvalue weighted by atomic mass is 9.98. The van der Waals surface area contributed by atoms with Gasteiger partial charge in [-0.2, -0.15) is 0 Å². The second kappa shape index (κ2) is 6.47. The van der Waals surface area contributed by atoms with Crippen LogP contribution in [0.2, 0.25) is 0 Å². The quantitative estimate of drug-likeness (QED) is 0.494. The van der Waals surface area contributed by atoms with Gasteiger partial charge in [-0.25, -0.2) is 8.78 Å². The summed E-state index contributed by atoms with van der Waals surface area (Å²) in [7, 11) is 0. The fraction of sp³-hybridized carbons (Fsp3) is 0.286. The summed E-state index contributed by atoms with van der Waals surface area (Å²) >= 11 is 3.06. The van der Waals surface area contributed by atoms with Gasteiger partial charge in [-0.3, -0.25) is 11.3 Å². The number of furan rings is 1. The van der Waals surface area contributed by atoms with Crippen molar-refractivity contribution >= 4 is 15.9 Å². The van der Waals surface area contributed by atoms with Crippen LogP contribution in [0, 0.1) is 11.6 Å². The first-order valence-corrected chi connectivity index (χ1v) is 7.02. The maximum Gasteiger partial charge on any atom is 0.143 e. The maximum atomic E-state index is 14.0. The molecule has 0 spiro atoms. The average Bonchev–Trinajstić information content (AvgIpc) is 2.92. The van der Waals surface area contributed by atoms with Crippen LogP contribution in [0.3, 0.4) is 0 Å². The first kappa shape index (κ1) is 15.2. The van der Waals surface area contributed by atoms with Crippen LogP contribution in [0.25, 0.3) is 0 Å². The number of hydrazine groups is 1. The summed E-state index contributed by atoms with van der Waals surface area (Å²) in [6.45, 7) is 1.94. The average molecular weight is 345 g/mol. The number of aryl methyl sites for hydroxylation is 1. The lowest BCUT2D eigenvalue weighted by Gasteiger charge is -2.17. The van der Waals surface area contributed by atoms with Gasteiger partial charge in [0.15, 0.2) is 0 Å². The molecule has 108 valence electrons. The van der Waals surface area contributed by atoms with Crippen LogP contribution < -0.4 is 11.3 Å². The molecule has 1 aromatic heterocycles. The molecule has 0 radical (unpaired) electrons. The summed E-state index contributed by atoms with van der Waals surface area (Å²) in [5.41, 5.74) is 3.40. The van der Waals surface area contributed by atoms with Crippen molar-refractivity contribution in [3.63, 3.8) is 0 Å². The SMILES string of the molecule is CCc1occc1C(Cc1c(F)ccc(Br)c1F)NN. The van der Waals surface area contributed by atoms with E-state index in [0.717, 1.165) is 11.3 Å². The van der Waals surface area contributed by atoms with Gasteiger partial charge in [0.05, 0.1) is 16.8 Å². The molecule has 0 saturated carbocycles. The molecule has 0 aliphatic carbocycles. The predicted octanol–water partition coefficient (Wildman–Crippen LogP) is 3.63. The van der Waals surface area contributed by atoms with Crippen LogP contribution in [0.15, 0.2) is 33.4 Å². The smallest absolute Gasteiger partial charge is 0.143 e. The van der Waals surface area contributed by atoms with Gasteiger partial charge in [0.1, 0.15) is 17.4 Å². The van der Waals surface area contributed by atoms with Gasteiger partial charge in [0, 0.05) is 17.5 Å². The lowest BCUT2D eigenvalue weighted by molar-refractivity contribution is 0.472. The van der Waals surface area contributed by atoms with Gasteiger partial charge >= 0.3 is 0 Å². The topological polar surface area (TPSA) is 51.2 Å². The van der Waals surface area contributed by atoms with Crippen molar-refractivity contribution in [2.45, 2.75) is 25.8 Å². The minimum absolute atomic E-state index is 0.00872. The molecule has 1 atom stereocenters. The summed E-state index contributed by atoms with van der Waals surface area (Å²) in [6, 6.07) is 3.92. The molecule has 1 unspecified atom stereocenters. The lowest BCUT2D eigenvalue weighted by Crippen LogP contribution is -2.30. The largest absolute Gasteiger partial charge is 0.469 e.